The molecule has 6 heteroatoms. The Morgan fingerprint density at radius 2 is 1.95 bits per heavy atom. The van der Waals surface area contributed by atoms with Crippen LogP contribution in [0.25, 0.3) is 11.3 Å². The quantitative estimate of drug-likeness (QED) is 0.829. The molecule has 0 bridgehead atoms. The molecule has 5 nitrogen and oxygen atoms in total. The van der Waals surface area contributed by atoms with E-state index in [0.29, 0.717) is 22.2 Å². The molecular formula is C15H11N3O2S. The lowest BCUT2D eigenvalue weighted by Gasteiger charge is -2.17. The first-order chi connectivity index (χ1) is 10.0. The van der Waals surface area contributed by atoms with E-state index in [-0.39, 0.29) is 5.91 Å². The topological polar surface area (TPSA) is 78.1 Å². The molecule has 1 atom stereocenters. The molecule has 1 aliphatic rings. The Labute approximate surface area is 126 Å². The van der Waals surface area contributed by atoms with Gasteiger partial charge in [0.25, 0.3) is 5.91 Å². The van der Waals surface area contributed by atoms with E-state index in [0.717, 1.165) is 5.56 Å². The maximum atomic E-state index is 12.0. The molecule has 1 aromatic heterocycles. The fourth-order valence-electron chi connectivity index (χ4n) is 2.19. The van der Waals surface area contributed by atoms with E-state index in [1.165, 1.54) is 0 Å². The summed E-state index contributed by atoms with van der Waals surface area (Å²) in [5, 5.41) is 14.6. The molecule has 1 unspecified atom stereocenters. The average Bonchev–Trinajstić information content (AvgIpc) is 3.06. The molecule has 0 radical (unpaired) electrons. The summed E-state index contributed by atoms with van der Waals surface area (Å²) in [7, 11) is 0. The van der Waals surface area contributed by atoms with Crippen molar-refractivity contribution in [3.05, 3.63) is 47.7 Å². The number of hydrogen-bond donors (Lipinski definition) is 2. The maximum absolute atomic E-state index is 12.0. The number of carbonyl (C=O) groups excluding carboxylic acids is 1. The molecule has 2 aromatic rings. The minimum atomic E-state index is -0.998. The van der Waals surface area contributed by atoms with Crippen LogP contribution in [0.3, 0.4) is 0 Å². The lowest BCUT2D eigenvalue weighted by Crippen LogP contribution is -2.40. The van der Waals surface area contributed by atoms with E-state index in [9.17, 15) is 4.79 Å². The third-order valence-corrected chi connectivity index (χ3v) is 3.65. The molecule has 1 aliphatic heterocycles. The zero-order chi connectivity index (χ0) is 15.0. The highest BCUT2D eigenvalue weighted by molar-refractivity contribution is 7.80. The second-order valence-electron chi connectivity index (χ2n) is 4.89. The molecule has 21 heavy (non-hydrogen) atoms. The van der Waals surface area contributed by atoms with Gasteiger partial charge in [-0.05, 0) is 55.5 Å². The second-order valence-corrected chi connectivity index (χ2v) is 5.29. The van der Waals surface area contributed by atoms with Crippen LogP contribution >= 0.6 is 12.2 Å². The van der Waals surface area contributed by atoms with Crippen LogP contribution in [0.15, 0.2) is 40.8 Å². The van der Waals surface area contributed by atoms with Crippen molar-refractivity contribution in [2.24, 2.45) is 0 Å². The summed E-state index contributed by atoms with van der Waals surface area (Å²) in [6.07, 6.45) is 0. The number of benzene rings is 1. The largest absolute Gasteiger partial charge is 0.458 e. The van der Waals surface area contributed by atoms with Gasteiger partial charge in [0, 0.05) is 5.56 Å². The van der Waals surface area contributed by atoms with Gasteiger partial charge in [0.15, 0.2) is 10.7 Å². The normalized spacial score (nSPS) is 20.8. The number of nitrogens with one attached hydrogen (secondary N) is 2. The molecule has 0 aliphatic carbocycles. The molecule has 2 heterocycles. The van der Waals surface area contributed by atoms with Crippen LogP contribution in [0.4, 0.5) is 0 Å². The summed E-state index contributed by atoms with van der Waals surface area (Å²) in [6, 6.07) is 12.6. The van der Waals surface area contributed by atoms with Gasteiger partial charge in [-0.2, -0.15) is 5.26 Å². The predicted molar refractivity (Wildman–Crippen MR) is 80.1 cm³/mol. The summed E-state index contributed by atoms with van der Waals surface area (Å²) < 4.78 is 5.78. The lowest BCUT2D eigenvalue weighted by atomic mass is 10.00. The minimum Gasteiger partial charge on any atom is -0.458 e. The van der Waals surface area contributed by atoms with Crippen molar-refractivity contribution in [1.82, 2.24) is 10.6 Å². The number of amides is 1. The summed E-state index contributed by atoms with van der Waals surface area (Å²) in [5.41, 5.74) is 0.423. The highest BCUT2D eigenvalue weighted by atomic mass is 32.1. The third-order valence-electron chi connectivity index (χ3n) is 3.44. The molecule has 1 fully saturated rings. The van der Waals surface area contributed by atoms with Gasteiger partial charge in [0.2, 0.25) is 0 Å². The summed E-state index contributed by atoms with van der Waals surface area (Å²) in [4.78, 5) is 12.0. The van der Waals surface area contributed by atoms with E-state index in [1.807, 2.05) is 0 Å². The maximum Gasteiger partial charge on any atom is 0.259 e. The molecular weight excluding hydrogens is 286 g/mol. The number of thiocarbonyl (C=S) groups is 1. The van der Waals surface area contributed by atoms with E-state index in [2.05, 4.69) is 16.7 Å². The van der Waals surface area contributed by atoms with Crippen LogP contribution in [-0.2, 0) is 10.3 Å². The first kappa shape index (κ1) is 13.3. The predicted octanol–water partition coefficient (Wildman–Crippen LogP) is 2.04. The Hall–Kier alpha value is -2.65. The van der Waals surface area contributed by atoms with Gasteiger partial charge in [-0.3, -0.25) is 4.79 Å². The molecule has 1 amide bonds. The molecule has 1 aromatic carbocycles. The van der Waals surface area contributed by atoms with Crippen molar-refractivity contribution in [2.75, 3.05) is 0 Å². The van der Waals surface area contributed by atoms with Crippen LogP contribution in [0.5, 0.6) is 0 Å². The number of rotatable bonds is 2. The van der Waals surface area contributed by atoms with E-state index >= 15 is 0 Å². The van der Waals surface area contributed by atoms with Crippen molar-refractivity contribution in [1.29, 1.82) is 5.26 Å². The summed E-state index contributed by atoms with van der Waals surface area (Å²) in [5.74, 6) is 0.871. The van der Waals surface area contributed by atoms with Gasteiger partial charge in [0.05, 0.1) is 11.6 Å². The SMILES string of the molecule is CC1(c2ccc(-c3ccc(C#N)cc3)o2)NC(=S)NC1=O. The van der Waals surface area contributed by atoms with Gasteiger partial charge in [-0.25, -0.2) is 0 Å². The van der Waals surface area contributed by atoms with Crippen LogP contribution < -0.4 is 10.6 Å². The molecule has 0 saturated carbocycles. The van der Waals surface area contributed by atoms with E-state index in [1.54, 1.807) is 43.3 Å². The summed E-state index contributed by atoms with van der Waals surface area (Å²) >= 11 is 4.96. The number of hydrogen-bond acceptors (Lipinski definition) is 4. The first-order valence-electron chi connectivity index (χ1n) is 6.27. The van der Waals surface area contributed by atoms with Gasteiger partial charge in [-0.1, -0.05) is 0 Å². The van der Waals surface area contributed by atoms with E-state index in [4.69, 9.17) is 21.9 Å². The van der Waals surface area contributed by atoms with Crippen LogP contribution in [0.2, 0.25) is 0 Å². The highest BCUT2D eigenvalue weighted by Gasteiger charge is 2.44. The fraction of sp³-hybridized carbons (Fsp3) is 0.133. The number of nitrogens with zero attached hydrogens (tertiary/aromatic N) is 1. The monoisotopic (exact) mass is 297 g/mol. The molecule has 104 valence electrons. The molecule has 1 saturated heterocycles. The molecule has 3 rings (SSSR count). The first-order valence-corrected chi connectivity index (χ1v) is 6.68. The molecule has 0 spiro atoms. The Bertz CT molecular complexity index is 773. The van der Waals surface area contributed by atoms with Gasteiger partial charge in [-0.15, -0.1) is 0 Å². The smallest absolute Gasteiger partial charge is 0.259 e. The average molecular weight is 297 g/mol. The Kier molecular flexibility index (Phi) is 3.00. The lowest BCUT2D eigenvalue weighted by molar-refractivity contribution is -0.124. The van der Waals surface area contributed by atoms with Crippen molar-refractivity contribution in [2.45, 2.75) is 12.5 Å². The van der Waals surface area contributed by atoms with Crippen LogP contribution in [0.1, 0.15) is 18.2 Å². The number of furan rings is 1. The van der Waals surface area contributed by atoms with Crippen molar-refractivity contribution in [3.8, 4) is 17.4 Å². The van der Waals surface area contributed by atoms with Crippen molar-refractivity contribution in [3.63, 3.8) is 0 Å². The summed E-state index contributed by atoms with van der Waals surface area (Å²) in [6.45, 7) is 1.71. The zero-order valence-corrected chi connectivity index (χ0v) is 12.0. The van der Waals surface area contributed by atoms with Gasteiger partial charge < -0.3 is 15.1 Å². The number of carbonyl (C=O) groups is 1. The Morgan fingerprint density at radius 1 is 1.24 bits per heavy atom. The van der Waals surface area contributed by atoms with Crippen LogP contribution in [-0.4, -0.2) is 11.0 Å². The fourth-order valence-corrected chi connectivity index (χ4v) is 2.48. The number of nitriles is 1. The Balaban J connectivity index is 1.95. The van der Waals surface area contributed by atoms with Crippen molar-refractivity contribution >= 4 is 23.2 Å². The van der Waals surface area contributed by atoms with Gasteiger partial charge >= 0.3 is 0 Å². The van der Waals surface area contributed by atoms with Crippen molar-refractivity contribution < 1.29 is 9.21 Å². The standard InChI is InChI=1S/C15H11N3O2S/c1-15(13(19)17-14(21)18-15)12-7-6-11(20-12)10-4-2-9(8-16)3-5-10/h2-7H,1H3,(H2,17,18,19,21). The van der Waals surface area contributed by atoms with E-state index < -0.39 is 5.54 Å². The minimum absolute atomic E-state index is 0.242. The highest BCUT2D eigenvalue weighted by Crippen LogP contribution is 2.30. The Morgan fingerprint density at radius 3 is 2.52 bits per heavy atom. The van der Waals surface area contributed by atoms with Crippen LogP contribution in [0, 0.1) is 11.3 Å². The third kappa shape index (κ3) is 2.18. The zero-order valence-electron chi connectivity index (χ0n) is 11.1. The second kappa shape index (κ2) is 4.72. The molecule has 2 N–H and O–H groups in total. The van der Waals surface area contributed by atoms with Gasteiger partial charge in [0.1, 0.15) is 11.5 Å².